The number of likely N-dealkylation sites (N-methyl/N-ethyl adjacent to an activating group) is 1. The minimum atomic E-state index is -0.711. The Kier molecular flexibility index (Phi) is 7.43. The van der Waals surface area contributed by atoms with Gasteiger partial charge in [-0.05, 0) is 25.6 Å². The summed E-state index contributed by atoms with van der Waals surface area (Å²) in [6.07, 6.45) is 3.22. The molecule has 0 bridgehead atoms. The lowest BCUT2D eigenvalue weighted by molar-refractivity contribution is 0.197. The number of likely N-dealkylation sites (tertiary alicyclic amines) is 1. The first kappa shape index (κ1) is 16.4. The monoisotopic (exact) mass is 282 g/mol. The van der Waals surface area contributed by atoms with Gasteiger partial charge in [0.2, 0.25) is 0 Å². The van der Waals surface area contributed by atoms with Gasteiger partial charge in [0.05, 0.1) is 6.20 Å². The van der Waals surface area contributed by atoms with Crippen molar-refractivity contribution in [3.05, 3.63) is 24.5 Å². The zero-order chi connectivity index (χ0) is 10.7. The minimum absolute atomic E-state index is 0. The maximum Gasteiger partial charge on any atom is 0.137 e. The second kappa shape index (κ2) is 7.69. The van der Waals surface area contributed by atoms with Crippen molar-refractivity contribution in [3.8, 4) is 5.75 Å². The van der Waals surface area contributed by atoms with Gasteiger partial charge in [-0.15, -0.1) is 24.8 Å². The van der Waals surface area contributed by atoms with Gasteiger partial charge in [-0.2, -0.15) is 0 Å². The Labute approximate surface area is 113 Å². The quantitative estimate of drug-likeness (QED) is 0.851. The summed E-state index contributed by atoms with van der Waals surface area (Å²) in [5.74, 6) is 0.744. The molecule has 1 unspecified atom stereocenters. The summed E-state index contributed by atoms with van der Waals surface area (Å²) >= 11 is 0. The van der Waals surface area contributed by atoms with Crippen LogP contribution in [0.15, 0.2) is 24.5 Å². The van der Waals surface area contributed by atoms with Crippen LogP contribution in [0, 0.1) is 0 Å². The lowest BCUT2D eigenvalue weighted by Crippen LogP contribution is -2.30. The van der Waals surface area contributed by atoms with Crippen molar-refractivity contribution in [3.63, 3.8) is 0 Å². The normalized spacial score (nSPS) is 23.6. The molecule has 0 radical (unpaired) electrons. The topological polar surface area (TPSA) is 25.4 Å². The van der Waals surface area contributed by atoms with Gasteiger partial charge in [0.1, 0.15) is 18.5 Å². The molecule has 0 amide bonds. The predicted octanol–water partition coefficient (Wildman–Crippen LogP) is 2.35. The molecule has 17 heavy (non-hydrogen) atoms. The van der Waals surface area contributed by atoms with Gasteiger partial charge >= 0.3 is 0 Å². The van der Waals surface area contributed by atoms with E-state index in [1.807, 2.05) is 24.1 Å². The molecule has 0 aliphatic carbocycles. The Hall–Kier alpha value is -0.580. The van der Waals surface area contributed by atoms with E-state index in [-0.39, 0.29) is 30.9 Å². The van der Waals surface area contributed by atoms with Crippen molar-refractivity contribution in [2.45, 2.75) is 18.6 Å². The maximum atomic E-state index is 13.0. The van der Waals surface area contributed by atoms with Gasteiger partial charge in [0, 0.05) is 18.8 Å². The SMILES string of the molecule is CN1C[C@@H](F)CC1COc1cccnc1.Cl.Cl. The summed E-state index contributed by atoms with van der Waals surface area (Å²) in [5, 5.41) is 0. The first-order valence-electron chi connectivity index (χ1n) is 5.13. The fourth-order valence-corrected chi connectivity index (χ4v) is 1.83. The van der Waals surface area contributed by atoms with Gasteiger partial charge < -0.3 is 4.74 Å². The summed E-state index contributed by atoms with van der Waals surface area (Å²) < 4.78 is 18.6. The van der Waals surface area contributed by atoms with Crippen molar-refractivity contribution in [2.75, 3.05) is 20.2 Å². The average Bonchev–Trinajstić information content (AvgIpc) is 2.56. The van der Waals surface area contributed by atoms with Crippen LogP contribution in [-0.4, -0.2) is 42.3 Å². The van der Waals surface area contributed by atoms with Crippen LogP contribution in [0.3, 0.4) is 0 Å². The van der Waals surface area contributed by atoms with Gasteiger partial charge in [-0.1, -0.05) is 0 Å². The molecule has 1 aromatic heterocycles. The molecule has 1 fully saturated rings. The number of rotatable bonds is 3. The summed E-state index contributed by atoms with van der Waals surface area (Å²) in [6, 6.07) is 3.86. The second-order valence-electron chi connectivity index (χ2n) is 3.93. The van der Waals surface area contributed by atoms with E-state index in [1.165, 1.54) is 0 Å². The van der Waals surface area contributed by atoms with Crippen molar-refractivity contribution >= 4 is 24.8 Å². The number of alkyl halides is 1. The summed E-state index contributed by atoms with van der Waals surface area (Å²) in [5.41, 5.74) is 0. The van der Waals surface area contributed by atoms with Crippen molar-refractivity contribution in [1.29, 1.82) is 0 Å². The third kappa shape index (κ3) is 4.66. The number of nitrogens with zero attached hydrogens (tertiary/aromatic N) is 2. The van der Waals surface area contributed by atoms with Crippen LogP contribution in [0.1, 0.15) is 6.42 Å². The highest BCUT2D eigenvalue weighted by molar-refractivity contribution is 5.85. The van der Waals surface area contributed by atoms with Gasteiger partial charge in [0.15, 0.2) is 0 Å². The molecule has 0 saturated carbocycles. The number of hydrogen-bond acceptors (Lipinski definition) is 3. The predicted molar refractivity (Wildman–Crippen MR) is 70.2 cm³/mol. The number of hydrogen-bond donors (Lipinski definition) is 0. The van der Waals surface area contributed by atoms with Crippen molar-refractivity contribution < 1.29 is 9.13 Å². The van der Waals surface area contributed by atoms with Crippen LogP contribution in [-0.2, 0) is 0 Å². The van der Waals surface area contributed by atoms with Crippen molar-refractivity contribution in [2.24, 2.45) is 0 Å². The van der Waals surface area contributed by atoms with E-state index >= 15 is 0 Å². The third-order valence-electron chi connectivity index (χ3n) is 2.71. The van der Waals surface area contributed by atoms with Crippen LogP contribution >= 0.6 is 24.8 Å². The lowest BCUT2D eigenvalue weighted by Gasteiger charge is -2.18. The summed E-state index contributed by atoms with van der Waals surface area (Å²) in [6.45, 7) is 1.05. The third-order valence-corrected chi connectivity index (χ3v) is 2.71. The van der Waals surface area contributed by atoms with Crippen LogP contribution < -0.4 is 4.74 Å². The number of pyridine rings is 1. The maximum absolute atomic E-state index is 13.0. The molecule has 1 aliphatic rings. The molecule has 1 aliphatic heterocycles. The molecular weight excluding hydrogens is 266 g/mol. The standard InChI is InChI=1S/C11H15FN2O.2ClH/c1-14-7-9(12)5-10(14)8-15-11-3-2-4-13-6-11;;/h2-4,6,9-10H,5,7-8H2,1H3;2*1H/t9-,10?;;/m0../s1. The number of halogens is 3. The fourth-order valence-electron chi connectivity index (χ4n) is 1.83. The van der Waals surface area contributed by atoms with Gasteiger partial charge in [-0.25, -0.2) is 4.39 Å². The highest BCUT2D eigenvalue weighted by Crippen LogP contribution is 2.19. The van der Waals surface area contributed by atoms with Crippen molar-refractivity contribution in [1.82, 2.24) is 9.88 Å². The van der Waals surface area contributed by atoms with E-state index in [0.29, 0.717) is 19.6 Å². The van der Waals surface area contributed by atoms with Gasteiger partial charge in [-0.3, -0.25) is 9.88 Å². The molecule has 0 N–H and O–H groups in total. The molecule has 3 nitrogen and oxygen atoms in total. The summed E-state index contributed by atoms with van der Waals surface area (Å²) in [7, 11) is 1.93. The zero-order valence-electron chi connectivity index (χ0n) is 9.58. The first-order valence-corrected chi connectivity index (χ1v) is 5.13. The molecule has 2 atom stereocenters. The lowest BCUT2D eigenvalue weighted by atomic mass is 10.2. The Balaban J connectivity index is 0.00000128. The van der Waals surface area contributed by atoms with Crippen LogP contribution in [0.4, 0.5) is 4.39 Å². The number of ether oxygens (including phenoxy) is 1. The minimum Gasteiger partial charge on any atom is -0.490 e. The van der Waals surface area contributed by atoms with Crippen LogP contribution in [0.5, 0.6) is 5.75 Å². The molecule has 0 aromatic carbocycles. The first-order chi connectivity index (χ1) is 7.25. The van der Waals surface area contributed by atoms with E-state index in [4.69, 9.17) is 4.74 Å². The molecule has 6 heteroatoms. The Morgan fingerprint density at radius 3 is 2.82 bits per heavy atom. The molecule has 98 valence electrons. The number of aromatic nitrogens is 1. The van der Waals surface area contributed by atoms with Crippen LogP contribution in [0.2, 0.25) is 0 Å². The largest absolute Gasteiger partial charge is 0.490 e. The smallest absolute Gasteiger partial charge is 0.137 e. The second-order valence-corrected chi connectivity index (χ2v) is 3.93. The molecule has 0 spiro atoms. The molecular formula is C11H17Cl2FN2O. The summed E-state index contributed by atoms with van der Waals surface area (Å²) in [4.78, 5) is 5.95. The Morgan fingerprint density at radius 2 is 2.29 bits per heavy atom. The Morgan fingerprint density at radius 1 is 1.53 bits per heavy atom. The molecule has 2 heterocycles. The van der Waals surface area contributed by atoms with Gasteiger partial charge in [0.25, 0.3) is 0 Å². The highest BCUT2D eigenvalue weighted by atomic mass is 35.5. The van der Waals surface area contributed by atoms with E-state index < -0.39 is 6.17 Å². The molecule has 2 rings (SSSR count). The molecule has 1 aromatic rings. The van der Waals surface area contributed by atoms with Crippen LogP contribution in [0.25, 0.3) is 0 Å². The van der Waals surface area contributed by atoms with E-state index in [0.717, 1.165) is 5.75 Å². The zero-order valence-corrected chi connectivity index (χ0v) is 11.2. The highest BCUT2D eigenvalue weighted by Gasteiger charge is 2.29. The molecule has 1 saturated heterocycles. The van der Waals surface area contributed by atoms with E-state index in [1.54, 1.807) is 12.4 Å². The van der Waals surface area contributed by atoms with E-state index in [2.05, 4.69) is 4.98 Å². The Bertz CT molecular complexity index is 316. The van der Waals surface area contributed by atoms with E-state index in [9.17, 15) is 4.39 Å². The average molecular weight is 283 g/mol. The fraction of sp³-hybridized carbons (Fsp3) is 0.545.